The largest absolute Gasteiger partial charge is 0.378 e. The Hall–Kier alpha value is -1.74. The van der Waals surface area contributed by atoms with Gasteiger partial charge < -0.3 is 15.0 Å². The molecule has 1 fully saturated rings. The molecule has 0 aliphatic carbocycles. The first-order valence-corrected chi connectivity index (χ1v) is 7.06. The van der Waals surface area contributed by atoms with Gasteiger partial charge in [0.1, 0.15) is 11.6 Å². The molecule has 0 bridgehead atoms. The van der Waals surface area contributed by atoms with Gasteiger partial charge in [0.2, 0.25) is 0 Å². The van der Waals surface area contributed by atoms with Crippen molar-refractivity contribution in [1.29, 1.82) is 5.26 Å². The Bertz CT molecular complexity index is 605. The quantitative estimate of drug-likeness (QED) is 0.685. The van der Waals surface area contributed by atoms with Gasteiger partial charge >= 0.3 is 0 Å². The first kappa shape index (κ1) is 15.6. The number of ether oxygens (including phenoxy) is 1. The molecule has 0 saturated carbocycles. The van der Waals surface area contributed by atoms with Crippen LogP contribution in [0.3, 0.4) is 0 Å². The number of hydrogen-bond acceptors (Lipinski definition) is 4. The van der Waals surface area contributed by atoms with E-state index in [4.69, 9.17) is 33.2 Å². The van der Waals surface area contributed by atoms with Crippen molar-refractivity contribution in [3.63, 3.8) is 0 Å². The minimum Gasteiger partial charge on any atom is -0.378 e. The molecule has 1 heterocycles. The second-order valence-electron chi connectivity index (χ2n) is 4.38. The molecular formula is C14H13Cl2N3O2. The van der Waals surface area contributed by atoms with Crippen LogP contribution in [0.1, 0.15) is 0 Å². The van der Waals surface area contributed by atoms with E-state index in [0.717, 1.165) is 0 Å². The summed E-state index contributed by atoms with van der Waals surface area (Å²) in [6, 6.07) is 6.62. The molecule has 0 unspecified atom stereocenters. The molecule has 0 spiro atoms. The van der Waals surface area contributed by atoms with E-state index in [1.807, 2.05) is 11.0 Å². The van der Waals surface area contributed by atoms with Crippen LogP contribution in [0.25, 0.3) is 0 Å². The van der Waals surface area contributed by atoms with Gasteiger partial charge in [0.15, 0.2) is 0 Å². The minimum absolute atomic E-state index is 0.0166. The van der Waals surface area contributed by atoms with Gasteiger partial charge in [-0.1, -0.05) is 23.2 Å². The first-order valence-electron chi connectivity index (χ1n) is 6.30. The number of carbonyl (C=O) groups excluding carboxylic acids is 1. The lowest BCUT2D eigenvalue weighted by molar-refractivity contribution is -0.112. The Kier molecular flexibility index (Phi) is 5.45. The molecule has 1 aliphatic heterocycles. The molecule has 1 saturated heterocycles. The molecular weight excluding hydrogens is 313 g/mol. The summed E-state index contributed by atoms with van der Waals surface area (Å²) in [6.07, 6.45) is 1.54. The van der Waals surface area contributed by atoms with Gasteiger partial charge in [-0.2, -0.15) is 5.26 Å². The zero-order valence-electron chi connectivity index (χ0n) is 11.1. The summed E-state index contributed by atoms with van der Waals surface area (Å²) >= 11 is 11.8. The van der Waals surface area contributed by atoms with Gasteiger partial charge in [-0.05, 0) is 18.2 Å². The SMILES string of the molecule is N#C/C(=C/N1CCOCC1)C(=O)Nc1ccc(Cl)cc1Cl. The lowest BCUT2D eigenvalue weighted by Crippen LogP contribution is -2.33. The minimum atomic E-state index is -0.506. The molecule has 0 atom stereocenters. The third-order valence-electron chi connectivity index (χ3n) is 2.90. The third kappa shape index (κ3) is 4.36. The second-order valence-corrected chi connectivity index (χ2v) is 5.22. The van der Waals surface area contributed by atoms with E-state index in [-0.39, 0.29) is 5.57 Å². The maximum Gasteiger partial charge on any atom is 0.267 e. The lowest BCUT2D eigenvalue weighted by Gasteiger charge is -2.25. The zero-order valence-corrected chi connectivity index (χ0v) is 12.6. The Labute approximate surface area is 132 Å². The first-order chi connectivity index (χ1) is 10.1. The number of morpholine rings is 1. The van der Waals surface area contributed by atoms with E-state index in [1.165, 1.54) is 6.07 Å². The van der Waals surface area contributed by atoms with Crippen LogP contribution in [0, 0.1) is 11.3 Å². The molecule has 1 aliphatic rings. The van der Waals surface area contributed by atoms with Crippen molar-refractivity contribution in [2.75, 3.05) is 31.6 Å². The van der Waals surface area contributed by atoms with Crippen molar-refractivity contribution in [2.24, 2.45) is 0 Å². The van der Waals surface area contributed by atoms with Crippen molar-refractivity contribution in [3.05, 3.63) is 40.0 Å². The van der Waals surface area contributed by atoms with Crippen molar-refractivity contribution < 1.29 is 9.53 Å². The summed E-state index contributed by atoms with van der Waals surface area (Å²) in [5.74, 6) is -0.506. The summed E-state index contributed by atoms with van der Waals surface area (Å²) in [7, 11) is 0. The highest BCUT2D eigenvalue weighted by Gasteiger charge is 2.14. The zero-order chi connectivity index (χ0) is 15.2. The highest BCUT2D eigenvalue weighted by molar-refractivity contribution is 6.36. The van der Waals surface area contributed by atoms with Crippen LogP contribution in [-0.2, 0) is 9.53 Å². The summed E-state index contributed by atoms with van der Waals surface area (Å²) in [5, 5.41) is 12.5. The number of halogens is 2. The molecule has 1 aromatic rings. The van der Waals surface area contributed by atoms with Crippen LogP contribution in [0.5, 0.6) is 0 Å². The summed E-state index contributed by atoms with van der Waals surface area (Å²) in [5.41, 5.74) is 0.428. The molecule has 5 nitrogen and oxygen atoms in total. The van der Waals surface area contributed by atoms with Gasteiger partial charge in [-0.25, -0.2) is 0 Å². The summed E-state index contributed by atoms with van der Waals surface area (Å²) < 4.78 is 5.21. The number of nitrogens with zero attached hydrogens (tertiary/aromatic N) is 2. The van der Waals surface area contributed by atoms with Crippen LogP contribution in [0.4, 0.5) is 5.69 Å². The van der Waals surface area contributed by atoms with E-state index < -0.39 is 5.91 Å². The Morgan fingerprint density at radius 1 is 1.38 bits per heavy atom. The molecule has 1 N–H and O–H groups in total. The van der Waals surface area contributed by atoms with Crippen molar-refractivity contribution in [1.82, 2.24) is 4.90 Å². The Morgan fingerprint density at radius 3 is 2.71 bits per heavy atom. The second kappa shape index (κ2) is 7.32. The number of nitriles is 1. The maximum absolute atomic E-state index is 12.1. The van der Waals surface area contributed by atoms with Crippen molar-refractivity contribution >= 4 is 34.8 Å². The van der Waals surface area contributed by atoms with E-state index in [2.05, 4.69) is 5.32 Å². The van der Waals surface area contributed by atoms with E-state index in [0.29, 0.717) is 42.0 Å². The molecule has 0 radical (unpaired) electrons. The number of anilines is 1. The molecule has 1 amide bonds. The predicted molar refractivity (Wildman–Crippen MR) is 81.2 cm³/mol. The monoisotopic (exact) mass is 325 g/mol. The molecule has 110 valence electrons. The van der Waals surface area contributed by atoms with E-state index in [1.54, 1.807) is 18.3 Å². The van der Waals surface area contributed by atoms with Crippen LogP contribution < -0.4 is 5.32 Å². The molecule has 2 rings (SSSR count). The van der Waals surface area contributed by atoms with Crippen LogP contribution >= 0.6 is 23.2 Å². The highest BCUT2D eigenvalue weighted by atomic mass is 35.5. The molecule has 0 aromatic heterocycles. The average molecular weight is 326 g/mol. The number of hydrogen-bond donors (Lipinski definition) is 1. The number of rotatable bonds is 3. The average Bonchev–Trinajstić information content (AvgIpc) is 2.48. The lowest BCUT2D eigenvalue weighted by atomic mass is 10.2. The fraction of sp³-hybridized carbons (Fsp3) is 0.286. The van der Waals surface area contributed by atoms with Crippen LogP contribution in [0.2, 0.25) is 10.0 Å². The third-order valence-corrected chi connectivity index (χ3v) is 3.45. The van der Waals surface area contributed by atoms with Crippen LogP contribution in [-0.4, -0.2) is 37.1 Å². The van der Waals surface area contributed by atoms with Gasteiger partial charge in [0, 0.05) is 24.3 Å². The fourth-order valence-electron chi connectivity index (χ4n) is 1.81. The number of benzene rings is 1. The van der Waals surface area contributed by atoms with Crippen molar-refractivity contribution in [2.45, 2.75) is 0 Å². The van der Waals surface area contributed by atoms with Gasteiger partial charge in [-0.3, -0.25) is 4.79 Å². The fourth-order valence-corrected chi connectivity index (χ4v) is 2.26. The topological polar surface area (TPSA) is 65.4 Å². The normalized spacial score (nSPS) is 15.5. The maximum atomic E-state index is 12.1. The predicted octanol–water partition coefficient (Wildman–Crippen LogP) is 2.67. The molecule has 21 heavy (non-hydrogen) atoms. The highest BCUT2D eigenvalue weighted by Crippen LogP contribution is 2.25. The number of amides is 1. The summed E-state index contributed by atoms with van der Waals surface area (Å²) in [6.45, 7) is 2.47. The van der Waals surface area contributed by atoms with Gasteiger partial charge in [0.25, 0.3) is 5.91 Å². The number of carbonyl (C=O) groups is 1. The smallest absolute Gasteiger partial charge is 0.267 e. The standard InChI is InChI=1S/C14H13Cl2N3O2/c15-11-1-2-13(12(16)7-11)18-14(20)10(8-17)9-19-3-5-21-6-4-19/h1-2,7,9H,3-6H2,(H,18,20)/b10-9-. The molecule has 1 aromatic carbocycles. The van der Waals surface area contributed by atoms with Gasteiger partial charge in [0.05, 0.1) is 23.9 Å². The van der Waals surface area contributed by atoms with Crippen molar-refractivity contribution in [3.8, 4) is 6.07 Å². The summed E-state index contributed by atoms with van der Waals surface area (Å²) in [4.78, 5) is 14.0. The number of nitrogens with one attached hydrogen (secondary N) is 1. The van der Waals surface area contributed by atoms with E-state index in [9.17, 15) is 4.79 Å². The van der Waals surface area contributed by atoms with Gasteiger partial charge in [-0.15, -0.1) is 0 Å². The van der Waals surface area contributed by atoms with E-state index >= 15 is 0 Å². The Morgan fingerprint density at radius 2 is 2.10 bits per heavy atom. The van der Waals surface area contributed by atoms with Crippen LogP contribution in [0.15, 0.2) is 30.0 Å². The molecule has 7 heteroatoms. The Balaban J connectivity index is 2.09.